The SMILES string of the molecule is CCCC1=C(CCC)c2cc3cccc4ccc5ccc1c2c5c43. The van der Waals surface area contributed by atoms with Crippen molar-refractivity contribution in [2.45, 2.75) is 39.5 Å². The minimum atomic E-state index is 1.19. The lowest BCUT2D eigenvalue weighted by Crippen LogP contribution is -1.88. The van der Waals surface area contributed by atoms with E-state index in [4.69, 9.17) is 0 Å². The van der Waals surface area contributed by atoms with E-state index in [0.717, 1.165) is 0 Å². The molecule has 0 spiro atoms. The average molecular weight is 310 g/mol. The zero-order valence-corrected chi connectivity index (χ0v) is 14.4. The summed E-state index contributed by atoms with van der Waals surface area (Å²) in [4.78, 5) is 0. The molecule has 0 heteroatoms. The molecule has 0 radical (unpaired) electrons. The van der Waals surface area contributed by atoms with Gasteiger partial charge in [-0.2, -0.15) is 0 Å². The van der Waals surface area contributed by atoms with Gasteiger partial charge in [0.1, 0.15) is 0 Å². The van der Waals surface area contributed by atoms with E-state index < -0.39 is 0 Å². The highest BCUT2D eigenvalue weighted by Gasteiger charge is 2.25. The smallest absolute Gasteiger partial charge is 0.00145 e. The normalized spacial score (nSPS) is 13.9. The van der Waals surface area contributed by atoms with E-state index in [1.54, 1.807) is 11.1 Å². The van der Waals surface area contributed by atoms with Crippen molar-refractivity contribution in [1.82, 2.24) is 0 Å². The zero-order chi connectivity index (χ0) is 16.3. The summed E-state index contributed by atoms with van der Waals surface area (Å²) in [6.07, 6.45) is 4.81. The molecule has 0 heterocycles. The lowest BCUT2D eigenvalue weighted by atomic mass is 9.90. The van der Waals surface area contributed by atoms with E-state index in [1.165, 1.54) is 69.1 Å². The van der Waals surface area contributed by atoms with E-state index in [0.29, 0.717) is 0 Å². The molecule has 0 saturated carbocycles. The quantitative estimate of drug-likeness (QED) is 0.344. The summed E-state index contributed by atoms with van der Waals surface area (Å²) in [6, 6.07) is 18.5. The number of rotatable bonds is 4. The van der Waals surface area contributed by atoms with Crippen molar-refractivity contribution in [2.75, 3.05) is 0 Å². The summed E-state index contributed by atoms with van der Waals surface area (Å²) in [5, 5.41) is 8.59. The minimum Gasteiger partial charge on any atom is -0.0651 e. The molecule has 0 unspecified atom stereocenters. The highest BCUT2D eigenvalue weighted by Crippen LogP contribution is 2.50. The molecule has 1 aliphatic carbocycles. The highest BCUT2D eigenvalue weighted by atomic mass is 14.3. The van der Waals surface area contributed by atoms with Gasteiger partial charge in [-0.15, -0.1) is 0 Å². The highest BCUT2D eigenvalue weighted by molar-refractivity contribution is 6.30. The van der Waals surface area contributed by atoms with Crippen LogP contribution in [0.15, 0.2) is 48.5 Å². The van der Waals surface area contributed by atoms with Crippen LogP contribution in [0.3, 0.4) is 0 Å². The van der Waals surface area contributed by atoms with E-state index in [1.807, 2.05) is 0 Å². The summed E-state index contributed by atoms with van der Waals surface area (Å²) < 4.78 is 0. The summed E-state index contributed by atoms with van der Waals surface area (Å²) in [5.74, 6) is 0. The van der Waals surface area contributed by atoms with Crippen LogP contribution in [0.4, 0.5) is 0 Å². The van der Waals surface area contributed by atoms with Crippen LogP contribution in [0.25, 0.3) is 43.5 Å². The minimum absolute atomic E-state index is 1.19. The van der Waals surface area contributed by atoms with Crippen LogP contribution < -0.4 is 0 Å². The Morgan fingerprint density at radius 1 is 0.583 bits per heavy atom. The second kappa shape index (κ2) is 5.08. The molecule has 0 saturated heterocycles. The number of hydrogen-bond donors (Lipinski definition) is 0. The third kappa shape index (κ3) is 1.69. The fourth-order valence-corrected chi connectivity index (χ4v) is 4.74. The van der Waals surface area contributed by atoms with Crippen molar-refractivity contribution in [3.8, 4) is 0 Å². The maximum atomic E-state index is 2.46. The van der Waals surface area contributed by atoms with Gasteiger partial charge < -0.3 is 0 Å². The molecule has 4 aromatic rings. The number of allylic oxidation sites excluding steroid dienone is 2. The van der Waals surface area contributed by atoms with Gasteiger partial charge in [-0.1, -0.05) is 69.2 Å². The summed E-state index contributed by atoms with van der Waals surface area (Å²) >= 11 is 0. The van der Waals surface area contributed by atoms with E-state index in [9.17, 15) is 0 Å². The third-order valence-corrected chi connectivity index (χ3v) is 5.64. The molecule has 1 aliphatic rings. The first kappa shape index (κ1) is 14.0. The van der Waals surface area contributed by atoms with Crippen molar-refractivity contribution in [1.29, 1.82) is 0 Å². The second-order valence-corrected chi connectivity index (χ2v) is 7.11. The maximum absolute atomic E-state index is 2.46. The van der Waals surface area contributed by atoms with Gasteiger partial charge in [0.2, 0.25) is 0 Å². The number of benzene rings is 4. The van der Waals surface area contributed by atoms with Crippen LogP contribution in [-0.4, -0.2) is 0 Å². The molecule has 0 amide bonds. The van der Waals surface area contributed by atoms with E-state index >= 15 is 0 Å². The Hall–Kier alpha value is -2.34. The standard InChI is InChI=1S/C24H22/c1-3-6-18-19(7-4-2)21-14-17-9-5-8-15-10-11-16-12-13-20(18)24(21)23(16)22(15)17/h5,8-14H,3-4,6-7H2,1-2H3. The monoisotopic (exact) mass is 310 g/mol. The first-order chi connectivity index (χ1) is 11.8. The van der Waals surface area contributed by atoms with Crippen LogP contribution in [0.5, 0.6) is 0 Å². The number of hydrogen-bond acceptors (Lipinski definition) is 0. The molecular weight excluding hydrogens is 288 g/mol. The first-order valence-electron chi connectivity index (χ1n) is 9.26. The topological polar surface area (TPSA) is 0 Å². The predicted molar refractivity (Wildman–Crippen MR) is 107 cm³/mol. The Labute approximate surface area is 143 Å². The maximum Gasteiger partial charge on any atom is -0.00145 e. The van der Waals surface area contributed by atoms with Crippen LogP contribution in [0, 0.1) is 0 Å². The van der Waals surface area contributed by atoms with E-state index in [2.05, 4.69) is 62.4 Å². The predicted octanol–water partition coefficient (Wildman–Crippen LogP) is 7.41. The van der Waals surface area contributed by atoms with Gasteiger partial charge in [0, 0.05) is 0 Å². The van der Waals surface area contributed by atoms with Gasteiger partial charge in [-0.25, -0.2) is 0 Å². The van der Waals surface area contributed by atoms with Crippen LogP contribution in [-0.2, 0) is 0 Å². The molecule has 0 nitrogen and oxygen atoms in total. The Bertz CT molecular complexity index is 1110. The molecule has 4 aromatic carbocycles. The molecule has 0 fully saturated rings. The summed E-state index contributed by atoms with van der Waals surface area (Å²) in [6.45, 7) is 4.60. The molecular formula is C24H22. The van der Waals surface area contributed by atoms with Gasteiger partial charge in [0.05, 0.1) is 0 Å². The Kier molecular flexibility index (Phi) is 2.97. The summed E-state index contributed by atoms with van der Waals surface area (Å²) in [5.41, 5.74) is 6.22. The Morgan fingerprint density at radius 2 is 1.21 bits per heavy atom. The zero-order valence-electron chi connectivity index (χ0n) is 14.4. The Morgan fingerprint density at radius 3 is 1.96 bits per heavy atom. The van der Waals surface area contributed by atoms with Crippen LogP contribution in [0.1, 0.15) is 50.7 Å². The fourth-order valence-electron chi connectivity index (χ4n) is 4.74. The lowest BCUT2D eigenvalue weighted by molar-refractivity contribution is 0.950. The van der Waals surface area contributed by atoms with Gasteiger partial charge in [0.25, 0.3) is 0 Å². The first-order valence-corrected chi connectivity index (χ1v) is 9.26. The van der Waals surface area contributed by atoms with Gasteiger partial charge in [-0.3, -0.25) is 0 Å². The average Bonchev–Trinajstić information content (AvgIpc) is 2.90. The fraction of sp³-hybridized carbons (Fsp3) is 0.250. The van der Waals surface area contributed by atoms with Gasteiger partial charge >= 0.3 is 0 Å². The molecule has 0 bridgehead atoms. The van der Waals surface area contributed by atoms with Crippen LogP contribution in [0.2, 0.25) is 0 Å². The van der Waals surface area contributed by atoms with Crippen molar-refractivity contribution in [3.63, 3.8) is 0 Å². The lowest BCUT2D eigenvalue weighted by Gasteiger charge is -2.13. The van der Waals surface area contributed by atoms with Crippen molar-refractivity contribution < 1.29 is 0 Å². The molecule has 24 heavy (non-hydrogen) atoms. The summed E-state index contributed by atoms with van der Waals surface area (Å²) in [7, 11) is 0. The molecule has 0 N–H and O–H groups in total. The van der Waals surface area contributed by atoms with E-state index in [-0.39, 0.29) is 0 Å². The van der Waals surface area contributed by atoms with Gasteiger partial charge in [0.15, 0.2) is 0 Å². The third-order valence-electron chi connectivity index (χ3n) is 5.64. The largest absolute Gasteiger partial charge is 0.0651 e. The molecule has 0 aliphatic heterocycles. The van der Waals surface area contributed by atoms with Gasteiger partial charge in [-0.05, 0) is 73.5 Å². The molecule has 5 rings (SSSR count). The molecule has 118 valence electrons. The van der Waals surface area contributed by atoms with Crippen molar-refractivity contribution >= 4 is 43.5 Å². The van der Waals surface area contributed by atoms with Crippen LogP contribution >= 0.6 is 0 Å². The molecule has 0 atom stereocenters. The molecule has 0 aromatic heterocycles. The Balaban J connectivity index is 2.00. The van der Waals surface area contributed by atoms with Crippen molar-refractivity contribution in [3.05, 3.63) is 59.7 Å². The second-order valence-electron chi connectivity index (χ2n) is 7.11. The van der Waals surface area contributed by atoms with Crippen molar-refractivity contribution in [2.24, 2.45) is 0 Å².